The number of pyridine rings is 1. The second-order valence-corrected chi connectivity index (χ2v) is 4.23. The molecule has 0 saturated heterocycles. The lowest BCUT2D eigenvalue weighted by Crippen LogP contribution is -2.36. The molecule has 0 spiro atoms. The van der Waals surface area contributed by atoms with E-state index in [0.717, 1.165) is 6.42 Å². The molecule has 1 N–H and O–H groups in total. The maximum Gasteiger partial charge on any atom is 0.166 e. The average Bonchev–Trinajstić information content (AvgIpc) is 2.14. The van der Waals surface area contributed by atoms with Gasteiger partial charge in [0.2, 0.25) is 0 Å². The normalized spacial score (nSPS) is 25.6. The number of rotatable bonds is 2. The van der Waals surface area contributed by atoms with Crippen molar-refractivity contribution in [3.8, 4) is 0 Å². The second-order valence-electron chi connectivity index (χ2n) is 3.79. The van der Waals surface area contributed by atoms with E-state index in [4.69, 9.17) is 11.6 Å². The highest BCUT2D eigenvalue weighted by molar-refractivity contribution is 6.30. The Morgan fingerprint density at radius 3 is 2.86 bits per heavy atom. The molecule has 2 unspecified atom stereocenters. The van der Waals surface area contributed by atoms with Gasteiger partial charge in [-0.3, -0.25) is 0 Å². The van der Waals surface area contributed by atoms with E-state index in [1.807, 2.05) is 0 Å². The van der Waals surface area contributed by atoms with Crippen LogP contribution >= 0.6 is 11.6 Å². The summed E-state index contributed by atoms with van der Waals surface area (Å²) in [5.74, 6) is 0.537. The van der Waals surface area contributed by atoms with Gasteiger partial charge in [-0.2, -0.15) is 0 Å². The summed E-state index contributed by atoms with van der Waals surface area (Å²) in [5.41, 5.74) is 0. The van der Waals surface area contributed by atoms with E-state index in [1.165, 1.54) is 18.7 Å². The van der Waals surface area contributed by atoms with E-state index in [-0.39, 0.29) is 5.82 Å². The minimum Gasteiger partial charge on any atom is -0.365 e. The predicted octanol–water partition coefficient (Wildman–Crippen LogP) is 3.08. The number of hydrogen-bond donors (Lipinski definition) is 1. The Morgan fingerprint density at radius 1 is 1.57 bits per heavy atom. The van der Waals surface area contributed by atoms with Crippen molar-refractivity contribution in [2.45, 2.75) is 25.8 Å². The summed E-state index contributed by atoms with van der Waals surface area (Å²) < 4.78 is 13.3. The van der Waals surface area contributed by atoms with E-state index in [0.29, 0.717) is 22.8 Å². The monoisotopic (exact) mass is 214 g/mol. The van der Waals surface area contributed by atoms with Crippen molar-refractivity contribution in [2.75, 3.05) is 5.32 Å². The van der Waals surface area contributed by atoms with Crippen LogP contribution in [0.15, 0.2) is 12.3 Å². The van der Waals surface area contributed by atoms with Crippen molar-refractivity contribution >= 4 is 17.4 Å². The van der Waals surface area contributed by atoms with Crippen LogP contribution in [0.4, 0.5) is 10.2 Å². The lowest BCUT2D eigenvalue weighted by Gasteiger charge is -2.34. The summed E-state index contributed by atoms with van der Waals surface area (Å²) in [6, 6.07) is 1.64. The smallest absolute Gasteiger partial charge is 0.166 e. The van der Waals surface area contributed by atoms with Gasteiger partial charge < -0.3 is 5.32 Å². The van der Waals surface area contributed by atoms with Gasteiger partial charge in [-0.25, -0.2) is 9.37 Å². The van der Waals surface area contributed by atoms with Gasteiger partial charge in [0.05, 0.1) is 5.02 Å². The third-order valence-electron chi connectivity index (χ3n) is 2.75. The van der Waals surface area contributed by atoms with Gasteiger partial charge in [0.1, 0.15) is 0 Å². The molecule has 0 bridgehead atoms. The molecule has 0 aliphatic heterocycles. The number of nitrogens with one attached hydrogen (secondary N) is 1. The minimum absolute atomic E-state index is 0.311. The Hall–Kier alpha value is -0.830. The maximum atomic E-state index is 13.3. The molecule has 4 heteroatoms. The topological polar surface area (TPSA) is 24.9 Å². The van der Waals surface area contributed by atoms with Crippen LogP contribution in [0, 0.1) is 11.7 Å². The zero-order chi connectivity index (χ0) is 10.1. The summed E-state index contributed by atoms with van der Waals surface area (Å²) in [6.07, 6.45) is 3.74. The van der Waals surface area contributed by atoms with Crippen LogP contribution in [0.2, 0.25) is 5.02 Å². The van der Waals surface area contributed by atoms with Gasteiger partial charge in [-0.15, -0.1) is 0 Å². The molecule has 2 nitrogen and oxygen atoms in total. The third-order valence-corrected chi connectivity index (χ3v) is 2.96. The van der Waals surface area contributed by atoms with Crippen LogP contribution in [0.5, 0.6) is 0 Å². The van der Waals surface area contributed by atoms with Crippen LogP contribution in [-0.2, 0) is 0 Å². The largest absolute Gasteiger partial charge is 0.365 e. The standard InChI is InChI=1S/C10H12ClFN2/c1-6-2-3-9(6)14-10-8(12)4-7(11)5-13-10/h4-6,9H,2-3H2,1H3,(H,13,14). The zero-order valence-corrected chi connectivity index (χ0v) is 8.68. The van der Waals surface area contributed by atoms with Crippen molar-refractivity contribution in [3.63, 3.8) is 0 Å². The van der Waals surface area contributed by atoms with Crippen molar-refractivity contribution in [3.05, 3.63) is 23.1 Å². The Balaban J connectivity index is 2.09. The first-order valence-corrected chi connectivity index (χ1v) is 5.12. The number of anilines is 1. The van der Waals surface area contributed by atoms with E-state index in [9.17, 15) is 4.39 Å². The molecule has 1 aromatic heterocycles. The van der Waals surface area contributed by atoms with Crippen LogP contribution in [0.3, 0.4) is 0 Å². The first-order chi connectivity index (χ1) is 6.66. The molecule has 1 saturated carbocycles. The number of halogens is 2. The number of hydrogen-bond acceptors (Lipinski definition) is 2. The fourth-order valence-corrected chi connectivity index (χ4v) is 1.72. The summed E-state index contributed by atoms with van der Waals surface area (Å²) in [4.78, 5) is 3.92. The Kier molecular flexibility index (Phi) is 2.59. The average molecular weight is 215 g/mol. The van der Waals surface area contributed by atoms with Crippen molar-refractivity contribution in [1.82, 2.24) is 4.98 Å². The van der Waals surface area contributed by atoms with Crippen LogP contribution in [0.1, 0.15) is 19.8 Å². The van der Waals surface area contributed by atoms with Gasteiger partial charge in [-0.05, 0) is 24.8 Å². The van der Waals surface area contributed by atoms with E-state index < -0.39 is 0 Å². The Morgan fingerprint density at radius 2 is 2.36 bits per heavy atom. The van der Waals surface area contributed by atoms with Gasteiger partial charge in [0, 0.05) is 12.2 Å². The zero-order valence-electron chi connectivity index (χ0n) is 7.93. The molecule has 2 rings (SSSR count). The lowest BCUT2D eigenvalue weighted by atomic mass is 9.81. The summed E-state index contributed by atoms with van der Waals surface area (Å²) >= 11 is 5.60. The van der Waals surface area contributed by atoms with Crippen LogP contribution in [-0.4, -0.2) is 11.0 Å². The fourth-order valence-electron chi connectivity index (χ4n) is 1.58. The molecule has 0 radical (unpaired) electrons. The van der Waals surface area contributed by atoms with Crippen molar-refractivity contribution < 1.29 is 4.39 Å². The van der Waals surface area contributed by atoms with Crippen LogP contribution < -0.4 is 5.32 Å². The van der Waals surface area contributed by atoms with Gasteiger partial charge in [0.25, 0.3) is 0 Å². The Bertz CT molecular complexity index is 343. The molecular formula is C10H12ClFN2. The van der Waals surface area contributed by atoms with E-state index in [2.05, 4.69) is 17.2 Å². The summed E-state index contributed by atoms with van der Waals surface area (Å²) in [5, 5.41) is 3.41. The second kappa shape index (κ2) is 3.73. The molecule has 0 aromatic carbocycles. The third kappa shape index (κ3) is 1.82. The van der Waals surface area contributed by atoms with Crippen LogP contribution in [0.25, 0.3) is 0 Å². The fraction of sp³-hybridized carbons (Fsp3) is 0.500. The highest BCUT2D eigenvalue weighted by Crippen LogP contribution is 2.30. The number of aromatic nitrogens is 1. The molecule has 76 valence electrons. The molecule has 1 heterocycles. The first kappa shape index (κ1) is 9.71. The summed E-state index contributed by atoms with van der Waals surface area (Å²) in [7, 11) is 0. The molecule has 1 aliphatic rings. The molecule has 1 aliphatic carbocycles. The molecular weight excluding hydrogens is 203 g/mol. The highest BCUT2D eigenvalue weighted by Gasteiger charge is 2.27. The molecule has 2 atom stereocenters. The first-order valence-electron chi connectivity index (χ1n) is 4.74. The molecule has 14 heavy (non-hydrogen) atoms. The SMILES string of the molecule is CC1CCC1Nc1ncc(Cl)cc1F. The summed E-state index contributed by atoms with van der Waals surface area (Å²) in [6.45, 7) is 2.15. The quantitative estimate of drug-likeness (QED) is 0.819. The molecule has 1 fully saturated rings. The molecule has 1 aromatic rings. The van der Waals surface area contributed by atoms with Crippen molar-refractivity contribution in [1.29, 1.82) is 0 Å². The van der Waals surface area contributed by atoms with Gasteiger partial charge in [0.15, 0.2) is 11.6 Å². The lowest BCUT2D eigenvalue weighted by molar-refractivity contribution is 0.302. The van der Waals surface area contributed by atoms with Crippen molar-refractivity contribution in [2.24, 2.45) is 5.92 Å². The Labute approximate surface area is 87.5 Å². The minimum atomic E-state index is -0.378. The van der Waals surface area contributed by atoms with E-state index in [1.54, 1.807) is 0 Å². The van der Waals surface area contributed by atoms with E-state index >= 15 is 0 Å². The molecule has 0 amide bonds. The van der Waals surface area contributed by atoms with Gasteiger partial charge in [-0.1, -0.05) is 18.5 Å². The van der Waals surface area contributed by atoms with Gasteiger partial charge >= 0.3 is 0 Å². The highest BCUT2D eigenvalue weighted by atomic mass is 35.5. The maximum absolute atomic E-state index is 13.3. The number of nitrogens with zero attached hydrogens (tertiary/aromatic N) is 1. The predicted molar refractivity (Wildman–Crippen MR) is 55.0 cm³/mol.